The van der Waals surface area contributed by atoms with Gasteiger partial charge in [0.2, 0.25) is 0 Å². The van der Waals surface area contributed by atoms with Crippen molar-refractivity contribution in [3.63, 3.8) is 0 Å². The first kappa shape index (κ1) is 12.2. The minimum Gasteiger partial charge on any atom is -0.383 e. The van der Waals surface area contributed by atoms with Gasteiger partial charge in [-0.1, -0.05) is 25.4 Å². The molecule has 1 N–H and O–H groups in total. The Morgan fingerprint density at radius 2 is 2.07 bits per heavy atom. The van der Waals surface area contributed by atoms with E-state index in [0.717, 1.165) is 0 Å². The number of nitrogens with one attached hydrogen (secondary N) is 1. The molecule has 0 bridgehead atoms. The van der Waals surface area contributed by atoms with Crippen LogP contribution in [0.1, 0.15) is 13.8 Å². The first-order chi connectivity index (χ1) is 7.15. The molecule has 0 radical (unpaired) electrons. The lowest BCUT2D eigenvalue weighted by atomic mass is 10.1. The summed E-state index contributed by atoms with van der Waals surface area (Å²) in [6.07, 6.45) is 3.17. The second-order valence-electron chi connectivity index (χ2n) is 3.65. The van der Waals surface area contributed by atoms with Crippen LogP contribution in [0, 0.1) is 5.92 Å². The van der Waals surface area contributed by atoms with E-state index in [-0.39, 0.29) is 6.04 Å². The van der Waals surface area contributed by atoms with E-state index < -0.39 is 0 Å². The van der Waals surface area contributed by atoms with Gasteiger partial charge in [-0.05, 0) is 5.92 Å². The lowest BCUT2D eigenvalue weighted by molar-refractivity contribution is 0.171. The molecule has 15 heavy (non-hydrogen) atoms. The highest BCUT2D eigenvalue weighted by Crippen LogP contribution is 2.17. The Morgan fingerprint density at radius 1 is 1.40 bits per heavy atom. The normalized spacial score (nSPS) is 12.9. The number of aromatic nitrogens is 2. The summed E-state index contributed by atoms with van der Waals surface area (Å²) < 4.78 is 5.12. The largest absolute Gasteiger partial charge is 0.383 e. The molecule has 5 heteroatoms. The van der Waals surface area contributed by atoms with Crippen molar-refractivity contribution in [3.8, 4) is 0 Å². The Hall–Kier alpha value is -0.870. The third-order valence-electron chi connectivity index (χ3n) is 2.13. The smallest absolute Gasteiger partial charge is 0.171 e. The second-order valence-corrected chi connectivity index (χ2v) is 4.00. The molecule has 1 unspecified atom stereocenters. The van der Waals surface area contributed by atoms with E-state index in [2.05, 4.69) is 29.1 Å². The van der Waals surface area contributed by atoms with Crippen molar-refractivity contribution in [2.45, 2.75) is 19.9 Å². The number of anilines is 1. The molecule has 0 amide bonds. The quantitative estimate of drug-likeness (QED) is 0.841. The lowest BCUT2D eigenvalue weighted by Crippen LogP contribution is -2.31. The summed E-state index contributed by atoms with van der Waals surface area (Å²) in [4.78, 5) is 8.07. The van der Waals surface area contributed by atoms with Crippen LogP contribution in [-0.4, -0.2) is 29.7 Å². The van der Waals surface area contributed by atoms with Crippen LogP contribution in [0.5, 0.6) is 0 Å². The van der Waals surface area contributed by atoms with Gasteiger partial charge in [0.05, 0.1) is 12.6 Å². The summed E-state index contributed by atoms with van der Waals surface area (Å²) in [7, 11) is 1.68. The van der Waals surface area contributed by atoms with Gasteiger partial charge in [0, 0.05) is 19.5 Å². The number of rotatable bonds is 5. The van der Waals surface area contributed by atoms with E-state index >= 15 is 0 Å². The van der Waals surface area contributed by atoms with Crippen molar-refractivity contribution in [1.82, 2.24) is 9.97 Å². The summed E-state index contributed by atoms with van der Waals surface area (Å²) in [5.41, 5.74) is 0. The summed E-state index contributed by atoms with van der Waals surface area (Å²) in [6.45, 7) is 4.84. The Balaban J connectivity index is 2.69. The highest BCUT2D eigenvalue weighted by Gasteiger charge is 2.14. The Morgan fingerprint density at radius 3 is 2.60 bits per heavy atom. The lowest BCUT2D eigenvalue weighted by Gasteiger charge is -2.22. The van der Waals surface area contributed by atoms with Crippen LogP contribution in [0.2, 0.25) is 5.15 Å². The molecule has 0 aliphatic rings. The molecular formula is C10H16ClN3O. The van der Waals surface area contributed by atoms with Gasteiger partial charge in [-0.2, -0.15) is 0 Å². The summed E-state index contributed by atoms with van der Waals surface area (Å²) in [5.74, 6) is 1.04. The molecule has 0 fully saturated rings. The zero-order chi connectivity index (χ0) is 11.3. The first-order valence-corrected chi connectivity index (χ1v) is 5.25. The van der Waals surface area contributed by atoms with E-state index in [0.29, 0.717) is 23.5 Å². The van der Waals surface area contributed by atoms with Crippen LogP contribution >= 0.6 is 11.6 Å². The predicted octanol–water partition coefficient (Wildman–Crippen LogP) is 2.21. The van der Waals surface area contributed by atoms with Crippen LogP contribution in [0.3, 0.4) is 0 Å². The highest BCUT2D eigenvalue weighted by atomic mass is 35.5. The fourth-order valence-electron chi connectivity index (χ4n) is 1.17. The van der Waals surface area contributed by atoms with E-state index in [4.69, 9.17) is 16.3 Å². The highest BCUT2D eigenvalue weighted by molar-refractivity contribution is 6.31. The van der Waals surface area contributed by atoms with Crippen molar-refractivity contribution < 1.29 is 4.74 Å². The maximum Gasteiger partial charge on any atom is 0.171 e. The number of ether oxygens (including phenoxy) is 1. The van der Waals surface area contributed by atoms with Crippen LogP contribution in [-0.2, 0) is 4.74 Å². The van der Waals surface area contributed by atoms with Crippen LogP contribution in [0.25, 0.3) is 0 Å². The summed E-state index contributed by atoms with van der Waals surface area (Å²) in [5, 5.41) is 3.61. The molecule has 0 aliphatic heterocycles. The Kier molecular flexibility index (Phi) is 4.78. The SMILES string of the molecule is COCC(Nc1nccnc1Cl)C(C)C. The van der Waals surface area contributed by atoms with Crippen LogP contribution in [0.4, 0.5) is 5.82 Å². The van der Waals surface area contributed by atoms with E-state index in [1.807, 2.05) is 0 Å². The minimum absolute atomic E-state index is 0.184. The number of halogens is 1. The van der Waals surface area contributed by atoms with E-state index in [1.165, 1.54) is 0 Å². The fourth-order valence-corrected chi connectivity index (χ4v) is 1.33. The molecule has 0 saturated heterocycles. The van der Waals surface area contributed by atoms with Gasteiger partial charge in [-0.25, -0.2) is 9.97 Å². The fraction of sp³-hybridized carbons (Fsp3) is 0.600. The van der Waals surface area contributed by atoms with Gasteiger partial charge in [0.25, 0.3) is 0 Å². The maximum absolute atomic E-state index is 5.90. The zero-order valence-corrected chi connectivity index (χ0v) is 9.95. The van der Waals surface area contributed by atoms with Crippen molar-refractivity contribution in [2.24, 2.45) is 5.92 Å². The molecule has 84 valence electrons. The molecule has 1 atom stereocenters. The predicted molar refractivity (Wildman–Crippen MR) is 61.2 cm³/mol. The van der Waals surface area contributed by atoms with Gasteiger partial charge in [0.15, 0.2) is 11.0 Å². The van der Waals surface area contributed by atoms with Gasteiger partial charge in [-0.15, -0.1) is 0 Å². The Labute approximate surface area is 95.0 Å². The van der Waals surface area contributed by atoms with Crippen molar-refractivity contribution in [2.75, 3.05) is 19.0 Å². The maximum atomic E-state index is 5.90. The molecule has 0 saturated carbocycles. The molecule has 1 aromatic rings. The number of hydrogen-bond acceptors (Lipinski definition) is 4. The first-order valence-electron chi connectivity index (χ1n) is 4.87. The van der Waals surface area contributed by atoms with Gasteiger partial charge >= 0.3 is 0 Å². The van der Waals surface area contributed by atoms with Crippen LogP contribution in [0.15, 0.2) is 12.4 Å². The molecule has 0 spiro atoms. The monoisotopic (exact) mass is 229 g/mol. The molecule has 0 aromatic carbocycles. The molecule has 4 nitrogen and oxygen atoms in total. The average Bonchev–Trinajstić information content (AvgIpc) is 2.20. The number of nitrogens with zero attached hydrogens (tertiary/aromatic N) is 2. The summed E-state index contributed by atoms with van der Waals surface area (Å²) >= 11 is 5.90. The van der Waals surface area contributed by atoms with Crippen molar-refractivity contribution in [3.05, 3.63) is 17.5 Å². The topological polar surface area (TPSA) is 47.0 Å². The second kappa shape index (κ2) is 5.88. The van der Waals surface area contributed by atoms with Crippen LogP contribution < -0.4 is 5.32 Å². The standard InChI is InChI=1S/C10H16ClN3O/c1-7(2)8(6-15-3)14-10-9(11)12-4-5-13-10/h4-5,7-8H,6H2,1-3H3,(H,13,14). The summed E-state index contributed by atoms with van der Waals surface area (Å²) in [6, 6.07) is 0.184. The average molecular weight is 230 g/mol. The van der Waals surface area contributed by atoms with Gasteiger partial charge < -0.3 is 10.1 Å². The van der Waals surface area contributed by atoms with Gasteiger partial charge in [-0.3, -0.25) is 0 Å². The number of methoxy groups -OCH3 is 1. The number of hydrogen-bond donors (Lipinski definition) is 1. The molecule has 1 rings (SSSR count). The van der Waals surface area contributed by atoms with Crippen molar-refractivity contribution >= 4 is 17.4 Å². The van der Waals surface area contributed by atoms with Gasteiger partial charge in [0.1, 0.15) is 0 Å². The Bertz CT molecular complexity index is 306. The zero-order valence-electron chi connectivity index (χ0n) is 9.20. The molecule has 0 aliphatic carbocycles. The van der Waals surface area contributed by atoms with E-state index in [9.17, 15) is 0 Å². The third kappa shape index (κ3) is 3.64. The minimum atomic E-state index is 0.184. The molecule has 1 aromatic heterocycles. The van der Waals surface area contributed by atoms with E-state index in [1.54, 1.807) is 19.5 Å². The molecular weight excluding hydrogens is 214 g/mol. The van der Waals surface area contributed by atoms with Crippen molar-refractivity contribution in [1.29, 1.82) is 0 Å². The third-order valence-corrected chi connectivity index (χ3v) is 2.40. The molecule has 1 heterocycles.